The molecule has 3 heteroatoms. The highest BCUT2D eigenvalue weighted by Crippen LogP contribution is 2.24. The van der Waals surface area contributed by atoms with Crippen LogP contribution in [0.4, 0.5) is 0 Å². The average Bonchev–Trinajstić information content (AvgIpc) is 2.85. The number of nitrogens with two attached hydrogens (primary N) is 1. The van der Waals surface area contributed by atoms with Gasteiger partial charge in [-0.3, -0.25) is 4.98 Å². The molecule has 1 aromatic carbocycles. The number of pyridine rings is 1. The smallest absolute Gasteiger partial charge is 0.0705 e. The lowest BCUT2D eigenvalue weighted by atomic mass is 10.1. The molecule has 2 heterocycles. The molecule has 0 amide bonds. The fraction of sp³-hybridized carbons (Fsp3) is 0.188. The first-order valence-corrected chi connectivity index (χ1v) is 7.20. The number of fused-ring (bicyclic) bond motifs is 1. The van der Waals surface area contributed by atoms with Crippen LogP contribution in [-0.2, 0) is 6.42 Å². The van der Waals surface area contributed by atoms with E-state index in [0.717, 1.165) is 17.6 Å². The molecule has 0 aliphatic heterocycles. The summed E-state index contributed by atoms with van der Waals surface area (Å²) in [5, 5.41) is 1.17. The van der Waals surface area contributed by atoms with Gasteiger partial charge in [0.05, 0.1) is 5.52 Å². The number of aryl methyl sites for hydroxylation is 1. The molecule has 1 unspecified atom stereocenters. The minimum absolute atomic E-state index is 0.0346. The molecule has 0 saturated carbocycles. The van der Waals surface area contributed by atoms with Crippen LogP contribution in [0.2, 0.25) is 0 Å². The molecule has 2 aromatic heterocycles. The van der Waals surface area contributed by atoms with Gasteiger partial charge in [0.1, 0.15) is 0 Å². The van der Waals surface area contributed by atoms with Crippen molar-refractivity contribution >= 4 is 22.2 Å². The fourth-order valence-corrected chi connectivity index (χ4v) is 3.08. The molecule has 1 atom stereocenters. The number of hydrogen-bond donors (Lipinski definition) is 1. The SMILES string of the molecule is Cc1ccc(C(N)Cc2ccc3ccccc3n2)s1. The molecule has 0 aliphatic rings. The Kier molecular flexibility index (Phi) is 3.32. The van der Waals surface area contributed by atoms with E-state index in [1.165, 1.54) is 15.1 Å². The Hall–Kier alpha value is -1.71. The molecule has 3 aromatic rings. The van der Waals surface area contributed by atoms with E-state index in [1.807, 2.05) is 18.2 Å². The summed E-state index contributed by atoms with van der Waals surface area (Å²) in [7, 11) is 0. The molecular formula is C16H16N2S. The van der Waals surface area contributed by atoms with E-state index in [1.54, 1.807) is 11.3 Å². The van der Waals surface area contributed by atoms with Crippen LogP contribution in [0.25, 0.3) is 10.9 Å². The summed E-state index contributed by atoms with van der Waals surface area (Å²) in [5.41, 5.74) is 8.34. The summed E-state index contributed by atoms with van der Waals surface area (Å²) in [6.07, 6.45) is 0.783. The van der Waals surface area contributed by atoms with E-state index >= 15 is 0 Å². The molecule has 0 bridgehead atoms. The second-order valence-electron chi connectivity index (χ2n) is 4.75. The number of aromatic nitrogens is 1. The van der Waals surface area contributed by atoms with Crippen LogP contribution in [0.15, 0.2) is 48.5 Å². The molecule has 2 N–H and O–H groups in total. The van der Waals surface area contributed by atoms with Gasteiger partial charge in [-0.15, -0.1) is 11.3 Å². The molecule has 0 radical (unpaired) electrons. The van der Waals surface area contributed by atoms with Crippen LogP contribution >= 0.6 is 11.3 Å². The van der Waals surface area contributed by atoms with E-state index < -0.39 is 0 Å². The highest BCUT2D eigenvalue weighted by Gasteiger charge is 2.10. The second-order valence-corrected chi connectivity index (χ2v) is 6.07. The lowest BCUT2D eigenvalue weighted by Gasteiger charge is -2.09. The maximum absolute atomic E-state index is 6.25. The Morgan fingerprint density at radius 1 is 1.11 bits per heavy atom. The van der Waals surface area contributed by atoms with Crippen molar-refractivity contribution in [2.75, 3.05) is 0 Å². The zero-order valence-corrected chi connectivity index (χ0v) is 11.7. The predicted octanol–water partition coefficient (Wildman–Crippen LogP) is 3.85. The molecule has 0 fully saturated rings. The maximum Gasteiger partial charge on any atom is 0.0705 e. The lowest BCUT2D eigenvalue weighted by molar-refractivity contribution is 0.722. The highest BCUT2D eigenvalue weighted by atomic mass is 32.1. The van der Waals surface area contributed by atoms with Gasteiger partial charge in [-0.2, -0.15) is 0 Å². The Morgan fingerprint density at radius 2 is 1.95 bits per heavy atom. The van der Waals surface area contributed by atoms with Gasteiger partial charge < -0.3 is 5.73 Å². The standard InChI is InChI=1S/C16H16N2S/c1-11-6-9-16(19-11)14(17)10-13-8-7-12-4-2-3-5-15(12)18-13/h2-9,14H,10,17H2,1H3. The Bertz CT molecular complexity index is 703. The molecule has 0 spiro atoms. The first kappa shape index (κ1) is 12.3. The van der Waals surface area contributed by atoms with Crippen LogP contribution in [0.3, 0.4) is 0 Å². The van der Waals surface area contributed by atoms with Crippen molar-refractivity contribution in [1.82, 2.24) is 4.98 Å². The third-order valence-electron chi connectivity index (χ3n) is 3.21. The molecule has 3 rings (SSSR count). The third kappa shape index (κ3) is 2.67. The third-order valence-corrected chi connectivity index (χ3v) is 4.34. The van der Waals surface area contributed by atoms with Crippen molar-refractivity contribution in [3.8, 4) is 0 Å². The highest BCUT2D eigenvalue weighted by molar-refractivity contribution is 7.12. The Labute approximate surface area is 116 Å². The van der Waals surface area contributed by atoms with Crippen LogP contribution < -0.4 is 5.73 Å². The Balaban J connectivity index is 1.84. The van der Waals surface area contributed by atoms with Gasteiger partial charge >= 0.3 is 0 Å². The number of rotatable bonds is 3. The Morgan fingerprint density at radius 3 is 2.74 bits per heavy atom. The minimum Gasteiger partial charge on any atom is -0.323 e. The summed E-state index contributed by atoms with van der Waals surface area (Å²) in [6, 6.07) is 16.6. The van der Waals surface area contributed by atoms with Gasteiger partial charge in [-0.05, 0) is 31.2 Å². The van der Waals surface area contributed by atoms with E-state index in [-0.39, 0.29) is 6.04 Å². The van der Waals surface area contributed by atoms with Gasteiger partial charge in [0, 0.05) is 33.3 Å². The number of thiophene rings is 1. The maximum atomic E-state index is 6.25. The summed E-state index contributed by atoms with van der Waals surface area (Å²) in [6.45, 7) is 2.11. The summed E-state index contributed by atoms with van der Waals surface area (Å²) in [5.74, 6) is 0. The van der Waals surface area contributed by atoms with Gasteiger partial charge in [0.15, 0.2) is 0 Å². The van der Waals surface area contributed by atoms with Crippen molar-refractivity contribution < 1.29 is 0 Å². The quantitative estimate of drug-likeness (QED) is 0.783. The molecule has 0 aliphatic carbocycles. The first-order chi connectivity index (χ1) is 9.22. The van der Waals surface area contributed by atoms with E-state index in [0.29, 0.717) is 0 Å². The van der Waals surface area contributed by atoms with Crippen molar-refractivity contribution in [3.63, 3.8) is 0 Å². The topological polar surface area (TPSA) is 38.9 Å². The number of para-hydroxylation sites is 1. The molecule has 0 saturated heterocycles. The monoisotopic (exact) mass is 268 g/mol. The van der Waals surface area contributed by atoms with Crippen LogP contribution in [0.1, 0.15) is 21.5 Å². The second kappa shape index (κ2) is 5.11. The summed E-state index contributed by atoms with van der Waals surface area (Å²) < 4.78 is 0. The lowest BCUT2D eigenvalue weighted by Crippen LogP contribution is -2.12. The fourth-order valence-electron chi connectivity index (χ4n) is 2.20. The zero-order valence-electron chi connectivity index (χ0n) is 10.8. The van der Waals surface area contributed by atoms with Crippen LogP contribution in [0.5, 0.6) is 0 Å². The number of nitrogens with zero attached hydrogens (tertiary/aromatic N) is 1. The van der Waals surface area contributed by atoms with Gasteiger partial charge in [-0.25, -0.2) is 0 Å². The first-order valence-electron chi connectivity index (χ1n) is 6.39. The van der Waals surface area contributed by atoms with Crippen molar-refractivity contribution in [3.05, 3.63) is 64.0 Å². The molecule has 96 valence electrons. The summed E-state index contributed by atoms with van der Waals surface area (Å²) in [4.78, 5) is 7.20. The zero-order chi connectivity index (χ0) is 13.2. The molecule has 19 heavy (non-hydrogen) atoms. The van der Waals surface area contributed by atoms with E-state index in [2.05, 4.69) is 42.2 Å². The van der Waals surface area contributed by atoms with Crippen LogP contribution in [-0.4, -0.2) is 4.98 Å². The number of hydrogen-bond acceptors (Lipinski definition) is 3. The summed E-state index contributed by atoms with van der Waals surface area (Å²) >= 11 is 1.77. The van der Waals surface area contributed by atoms with E-state index in [9.17, 15) is 0 Å². The van der Waals surface area contributed by atoms with Crippen molar-refractivity contribution in [2.45, 2.75) is 19.4 Å². The van der Waals surface area contributed by atoms with Gasteiger partial charge in [-0.1, -0.05) is 24.3 Å². The van der Waals surface area contributed by atoms with Crippen molar-refractivity contribution in [2.24, 2.45) is 5.73 Å². The van der Waals surface area contributed by atoms with Crippen molar-refractivity contribution in [1.29, 1.82) is 0 Å². The van der Waals surface area contributed by atoms with Gasteiger partial charge in [0.2, 0.25) is 0 Å². The predicted molar refractivity (Wildman–Crippen MR) is 81.4 cm³/mol. The molecular weight excluding hydrogens is 252 g/mol. The number of benzene rings is 1. The largest absolute Gasteiger partial charge is 0.323 e. The molecule has 2 nitrogen and oxygen atoms in total. The van der Waals surface area contributed by atoms with Gasteiger partial charge in [0.25, 0.3) is 0 Å². The van der Waals surface area contributed by atoms with E-state index in [4.69, 9.17) is 5.73 Å². The minimum atomic E-state index is 0.0346. The average molecular weight is 268 g/mol. The van der Waals surface area contributed by atoms with Crippen LogP contribution in [0, 0.1) is 6.92 Å². The normalized spacial score (nSPS) is 12.7.